The molecule has 102 valence electrons. The third-order valence-electron chi connectivity index (χ3n) is 2.58. The van der Waals surface area contributed by atoms with E-state index in [4.69, 9.17) is 0 Å². The van der Waals surface area contributed by atoms with E-state index in [0.29, 0.717) is 11.4 Å². The number of rotatable bonds is 3. The van der Waals surface area contributed by atoms with Crippen LogP contribution in [0.5, 0.6) is 0 Å². The summed E-state index contributed by atoms with van der Waals surface area (Å²) in [6.45, 7) is 0. The first kappa shape index (κ1) is 12.7. The molecule has 0 amide bonds. The van der Waals surface area contributed by atoms with Crippen molar-refractivity contribution in [3.63, 3.8) is 0 Å². The van der Waals surface area contributed by atoms with Crippen LogP contribution in [0, 0.1) is 0 Å². The topological polar surface area (TPSA) is 128 Å². The maximum atomic E-state index is 11.3. The van der Waals surface area contributed by atoms with Gasteiger partial charge in [0.05, 0.1) is 5.56 Å². The molecule has 0 saturated carbocycles. The van der Waals surface area contributed by atoms with Crippen LogP contribution in [0.4, 0.5) is 0 Å². The molecule has 0 aromatic carbocycles. The van der Waals surface area contributed by atoms with Crippen molar-refractivity contribution < 1.29 is 9.90 Å². The van der Waals surface area contributed by atoms with Gasteiger partial charge in [-0.25, -0.2) is 39.7 Å². The Morgan fingerprint density at radius 3 is 2.00 bits per heavy atom. The molecule has 3 heterocycles. The molecule has 1 N–H and O–H groups in total. The molecule has 0 spiro atoms. The maximum absolute atomic E-state index is 11.3. The normalized spacial score (nSPS) is 10.3. The van der Waals surface area contributed by atoms with E-state index < -0.39 is 5.97 Å². The molecule has 0 atom stereocenters. The van der Waals surface area contributed by atoms with E-state index in [9.17, 15) is 9.90 Å². The fourth-order valence-electron chi connectivity index (χ4n) is 1.69. The first-order valence-corrected chi connectivity index (χ1v) is 5.74. The Hall–Kier alpha value is -3.36. The molecule has 3 aromatic heterocycles. The van der Waals surface area contributed by atoms with E-state index in [2.05, 4.69) is 34.9 Å². The number of hydrogen-bond acceptors (Lipinski definition) is 8. The Balaban J connectivity index is 2.18. The molecular weight excluding hydrogens is 274 g/mol. The van der Waals surface area contributed by atoms with Gasteiger partial charge in [0.25, 0.3) is 0 Å². The smallest absolute Gasteiger partial charge is 0.355 e. The van der Waals surface area contributed by atoms with Crippen LogP contribution in [0.2, 0.25) is 0 Å². The van der Waals surface area contributed by atoms with Gasteiger partial charge in [-0.2, -0.15) is 0 Å². The van der Waals surface area contributed by atoms with Gasteiger partial charge in [0.15, 0.2) is 17.3 Å². The Labute approximate surface area is 117 Å². The second-order valence-electron chi connectivity index (χ2n) is 3.85. The third-order valence-corrected chi connectivity index (χ3v) is 2.58. The van der Waals surface area contributed by atoms with E-state index in [1.54, 1.807) is 6.07 Å². The molecular formula is C12H7N7O2. The number of pyridine rings is 1. The molecule has 0 fully saturated rings. The minimum Gasteiger partial charge on any atom is -0.476 e. The summed E-state index contributed by atoms with van der Waals surface area (Å²) in [7, 11) is 0. The Morgan fingerprint density at radius 2 is 1.43 bits per heavy atom. The van der Waals surface area contributed by atoms with Gasteiger partial charge in [0.2, 0.25) is 0 Å². The molecule has 0 aliphatic carbocycles. The molecule has 3 rings (SSSR count). The molecule has 0 saturated heterocycles. The summed E-state index contributed by atoms with van der Waals surface area (Å²) in [5.41, 5.74) is 0.652. The lowest BCUT2D eigenvalue weighted by atomic mass is 10.1. The lowest BCUT2D eigenvalue weighted by molar-refractivity contribution is 0.0691. The van der Waals surface area contributed by atoms with Crippen molar-refractivity contribution in [3.05, 3.63) is 43.3 Å². The van der Waals surface area contributed by atoms with Crippen LogP contribution in [0.3, 0.4) is 0 Å². The molecule has 0 aliphatic heterocycles. The molecule has 9 nitrogen and oxygen atoms in total. The van der Waals surface area contributed by atoms with Gasteiger partial charge in [0, 0.05) is 11.8 Å². The number of aromatic nitrogens is 7. The van der Waals surface area contributed by atoms with Crippen molar-refractivity contribution >= 4 is 5.97 Å². The van der Waals surface area contributed by atoms with Crippen molar-refractivity contribution in [2.75, 3.05) is 0 Å². The predicted molar refractivity (Wildman–Crippen MR) is 68.8 cm³/mol. The summed E-state index contributed by atoms with van der Waals surface area (Å²) in [5.74, 6) is -0.580. The number of nitrogens with zero attached hydrogens (tertiary/aromatic N) is 7. The van der Waals surface area contributed by atoms with E-state index in [-0.39, 0.29) is 17.1 Å². The molecule has 0 unspecified atom stereocenters. The first-order valence-electron chi connectivity index (χ1n) is 5.74. The highest BCUT2D eigenvalue weighted by Gasteiger charge is 2.17. The largest absolute Gasteiger partial charge is 0.476 e. The van der Waals surface area contributed by atoms with Gasteiger partial charge in [-0.3, -0.25) is 0 Å². The zero-order chi connectivity index (χ0) is 14.7. The molecule has 0 radical (unpaired) electrons. The first-order chi connectivity index (χ1) is 10.3. The van der Waals surface area contributed by atoms with E-state index in [0.717, 1.165) is 0 Å². The quantitative estimate of drug-likeness (QED) is 0.728. The number of carbonyl (C=O) groups is 1. The summed E-state index contributed by atoms with van der Waals surface area (Å²) in [5, 5.41) is 9.21. The third kappa shape index (κ3) is 2.52. The molecule has 3 aromatic rings. The number of carboxylic acids is 1. The van der Waals surface area contributed by atoms with Crippen molar-refractivity contribution in [2.24, 2.45) is 0 Å². The van der Waals surface area contributed by atoms with Gasteiger partial charge in [-0.15, -0.1) is 0 Å². The molecule has 21 heavy (non-hydrogen) atoms. The minimum atomic E-state index is -1.17. The highest BCUT2D eigenvalue weighted by molar-refractivity contribution is 5.93. The van der Waals surface area contributed by atoms with Gasteiger partial charge in [-0.05, 0) is 6.07 Å². The van der Waals surface area contributed by atoms with E-state index >= 15 is 0 Å². The number of aromatic carboxylic acids is 1. The highest BCUT2D eigenvalue weighted by atomic mass is 16.4. The van der Waals surface area contributed by atoms with Crippen LogP contribution < -0.4 is 0 Å². The second kappa shape index (κ2) is 5.33. The second-order valence-corrected chi connectivity index (χ2v) is 3.85. The fraction of sp³-hybridized carbons (Fsp3) is 0. The van der Waals surface area contributed by atoms with Gasteiger partial charge in [0.1, 0.15) is 25.3 Å². The number of carboxylic acid groups (broad SMARTS) is 1. The van der Waals surface area contributed by atoms with Crippen LogP contribution in [0.25, 0.3) is 22.8 Å². The summed E-state index contributed by atoms with van der Waals surface area (Å²) >= 11 is 0. The van der Waals surface area contributed by atoms with Crippen molar-refractivity contribution in [2.45, 2.75) is 0 Å². The van der Waals surface area contributed by atoms with Crippen molar-refractivity contribution in [1.29, 1.82) is 0 Å². The molecule has 0 aliphatic rings. The van der Waals surface area contributed by atoms with Crippen LogP contribution in [-0.4, -0.2) is 46.0 Å². The monoisotopic (exact) mass is 281 g/mol. The van der Waals surface area contributed by atoms with Crippen molar-refractivity contribution in [3.8, 4) is 22.8 Å². The summed E-state index contributed by atoms with van der Waals surface area (Å²) in [6.07, 6.45) is 6.63. The lowest BCUT2D eigenvalue weighted by Crippen LogP contribution is -2.05. The van der Waals surface area contributed by atoms with E-state index in [1.807, 2.05) is 0 Å². The van der Waals surface area contributed by atoms with Crippen LogP contribution in [0.1, 0.15) is 10.5 Å². The van der Waals surface area contributed by atoms with Crippen LogP contribution in [0.15, 0.2) is 37.6 Å². The lowest BCUT2D eigenvalue weighted by Gasteiger charge is -2.06. The summed E-state index contributed by atoms with van der Waals surface area (Å²) in [4.78, 5) is 38.5. The van der Waals surface area contributed by atoms with Gasteiger partial charge >= 0.3 is 5.97 Å². The number of hydrogen-bond donors (Lipinski definition) is 1. The summed E-state index contributed by atoms with van der Waals surface area (Å²) < 4.78 is 0. The Morgan fingerprint density at radius 1 is 0.857 bits per heavy atom. The van der Waals surface area contributed by atoms with Crippen LogP contribution >= 0.6 is 0 Å². The average molecular weight is 281 g/mol. The zero-order valence-electron chi connectivity index (χ0n) is 10.5. The predicted octanol–water partition coefficient (Wildman–Crippen LogP) is 0.484. The fourth-order valence-corrected chi connectivity index (χ4v) is 1.69. The highest BCUT2D eigenvalue weighted by Crippen LogP contribution is 2.23. The standard InChI is InChI=1S/C12H7N7O2/c20-12(21)9-8(11-18-5-14-6-19-11)1-7(2-15-9)10-16-3-13-4-17-10/h1-6H,(H,20,21). The van der Waals surface area contributed by atoms with Gasteiger partial charge in [-0.1, -0.05) is 0 Å². The Bertz CT molecular complexity index is 780. The molecule has 0 bridgehead atoms. The average Bonchev–Trinajstić information content (AvgIpc) is 2.56. The maximum Gasteiger partial charge on any atom is 0.355 e. The molecule has 9 heteroatoms. The Kier molecular flexibility index (Phi) is 3.21. The van der Waals surface area contributed by atoms with E-state index in [1.165, 1.54) is 31.5 Å². The zero-order valence-corrected chi connectivity index (χ0v) is 10.5. The van der Waals surface area contributed by atoms with Gasteiger partial charge < -0.3 is 5.11 Å². The SMILES string of the molecule is O=C(O)c1ncc(-c2ncncn2)cc1-c1ncncn1. The van der Waals surface area contributed by atoms with Crippen molar-refractivity contribution in [1.82, 2.24) is 34.9 Å². The minimum absolute atomic E-state index is 0.154. The van der Waals surface area contributed by atoms with Crippen LogP contribution in [-0.2, 0) is 0 Å². The summed E-state index contributed by atoms with van der Waals surface area (Å²) in [6, 6.07) is 1.57.